The average Bonchev–Trinajstić information content (AvgIpc) is 3.78. The SMILES string of the molecule is CCCCCCCCCOC(=O)CCCCCCCN(CCCCCCCC(=O)OCC1(C)C2C(C)C3C4C1C342)CCCn1ccnc1. The molecule has 1 spiro atoms. The van der Waals surface area contributed by atoms with E-state index in [1.807, 2.05) is 18.7 Å². The second-order valence-electron chi connectivity index (χ2n) is 16.4. The van der Waals surface area contributed by atoms with Crippen molar-refractivity contribution < 1.29 is 19.1 Å². The summed E-state index contributed by atoms with van der Waals surface area (Å²) in [5, 5.41) is 0. The Morgan fingerprint density at radius 3 is 1.92 bits per heavy atom. The van der Waals surface area contributed by atoms with Crippen LogP contribution in [0.2, 0.25) is 0 Å². The van der Waals surface area contributed by atoms with Gasteiger partial charge in [-0.2, -0.15) is 0 Å². The Hall–Kier alpha value is -1.89. The minimum absolute atomic E-state index is 0.0128. The fourth-order valence-electron chi connectivity index (χ4n) is 10.7. The second kappa shape index (κ2) is 18.4. The van der Waals surface area contributed by atoms with Crippen LogP contribution in [0.15, 0.2) is 18.7 Å². The maximum atomic E-state index is 12.5. The molecule has 4 saturated carbocycles. The van der Waals surface area contributed by atoms with E-state index in [9.17, 15) is 9.59 Å². The van der Waals surface area contributed by atoms with Crippen molar-refractivity contribution in [3.05, 3.63) is 18.7 Å². The van der Waals surface area contributed by atoms with Crippen molar-refractivity contribution in [2.24, 2.45) is 40.4 Å². The Morgan fingerprint density at radius 1 is 0.729 bits per heavy atom. The van der Waals surface area contributed by atoms with Gasteiger partial charge in [-0.3, -0.25) is 9.59 Å². The highest BCUT2D eigenvalue weighted by Crippen LogP contribution is 3.09. The fourth-order valence-corrected chi connectivity index (χ4v) is 10.7. The summed E-state index contributed by atoms with van der Waals surface area (Å²) in [4.78, 5) is 31.3. The molecule has 0 amide bonds. The van der Waals surface area contributed by atoms with E-state index in [2.05, 4.69) is 35.2 Å². The maximum Gasteiger partial charge on any atom is 0.305 e. The molecule has 0 N–H and O–H groups in total. The molecule has 4 fully saturated rings. The highest BCUT2D eigenvalue weighted by atomic mass is 16.5. The molecule has 4 aliphatic carbocycles. The monoisotopic (exact) mass is 668 g/mol. The van der Waals surface area contributed by atoms with Crippen molar-refractivity contribution in [2.75, 3.05) is 32.8 Å². The van der Waals surface area contributed by atoms with Crippen molar-refractivity contribution in [3.8, 4) is 0 Å². The summed E-state index contributed by atoms with van der Waals surface area (Å²) in [6.45, 7) is 12.8. The van der Waals surface area contributed by atoms with Crippen LogP contribution in [-0.4, -0.2) is 59.2 Å². The molecule has 1 aromatic rings. The molecule has 7 nitrogen and oxygen atoms in total. The molecule has 1 heterocycles. The predicted molar refractivity (Wildman–Crippen MR) is 192 cm³/mol. The van der Waals surface area contributed by atoms with Gasteiger partial charge >= 0.3 is 11.9 Å². The number of hydrogen-bond donors (Lipinski definition) is 0. The van der Waals surface area contributed by atoms with E-state index in [0.717, 1.165) is 99.7 Å². The molecule has 0 radical (unpaired) electrons. The lowest BCUT2D eigenvalue weighted by molar-refractivity contribution is -0.212. The molecule has 0 saturated heterocycles. The molecule has 272 valence electrons. The summed E-state index contributed by atoms with van der Waals surface area (Å²) >= 11 is 0. The quantitative estimate of drug-likeness (QED) is 0.0602. The number of fused-ring (bicyclic) bond motifs is 2. The van der Waals surface area contributed by atoms with Crippen LogP contribution in [0.1, 0.15) is 149 Å². The first-order valence-electron chi connectivity index (χ1n) is 20.4. The number of unbranched alkanes of at least 4 members (excludes halogenated alkanes) is 14. The zero-order valence-electron chi connectivity index (χ0n) is 31.0. The van der Waals surface area contributed by atoms with E-state index >= 15 is 0 Å². The molecule has 4 aliphatic rings. The van der Waals surface area contributed by atoms with Gasteiger partial charge < -0.3 is 18.9 Å². The predicted octanol–water partition coefficient (Wildman–Crippen LogP) is 9.24. The third kappa shape index (κ3) is 9.06. The van der Waals surface area contributed by atoms with Gasteiger partial charge in [0.05, 0.1) is 19.5 Å². The van der Waals surface area contributed by atoms with Crippen LogP contribution in [0.3, 0.4) is 0 Å². The zero-order valence-corrected chi connectivity index (χ0v) is 31.0. The Labute approximate surface area is 292 Å². The first-order chi connectivity index (χ1) is 23.4. The van der Waals surface area contributed by atoms with Crippen LogP contribution < -0.4 is 0 Å². The number of imidazole rings is 1. The first kappa shape index (κ1) is 37.4. The average molecular weight is 668 g/mol. The minimum atomic E-state index is -0.0128. The van der Waals surface area contributed by atoms with Gasteiger partial charge in [0.1, 0.15) is 0 Å². The van der Waals surface area contributed by atoms with E-state index in [1.165, 1.54) is 77.0 Å². The lowest BCUT2D eigenvalue weighted by atomic mass is 9.39. The molecule has 0 aliphatic heterocycles. The van der Waals surface area contributed by atoms with Gasteiger partial charge in [0.15, 0.2) is 0 Å². The number of rotatable bonds is 30. The summed E-state index contributed by atoms with van der Waals surface area (Å²) in [5.41, 5.74) is 1.06. The Balaban J connectivity index is 0.839. The van der Waals surface area contributed by atoms with E-state index in [4.69, 9.17) is 9.47 Å². The summed E-state index contributed by atoms with van der Waals surface area (Å²) in [6, 6.07) is 0. The smallest absolute Gasteiger partial charge is 0.305 e. The summed E-state index contributed by atoms with van der Waals surface area (Å²) in [7, 11) is 0. The first-order valence-corrected chi connectivity index (χ1v) is 20.4. The number of carbonyl (C=O) groups excluding carboxylic acids is 2. The lowest BCUT2D eigenvalue weighted by Gasteiger charge is -2.65. The summed E-state index contributed by atoms with van der Waals surface area (Å²) in [6.07, 6.45) is 28.2. The Bertz CT molecular complexity index is 1110. The van der Waals surface area contributed by atoms with Crippen LogP contribution in [0, 0.1) is 40.4 Å². The molecule has 1 aromatic heterocycles. The molecule has 0 aromatic carbocycles. The third-order valence-electron chi connectivity index (χ3n) is 13.0. The van der Waals surface area contributed by atoms with Crippen molar-refractivity contribution >= 4 is 11.9 Å². The van der Waals surface area contributed by atoms with Crippen LogP contribution in [0.4, 0.5) is 0 Å². The normalized spacial score (nSPS) is 28.7. The molecular weight excluding hydrogens is 598 g/mol. The van der Waals surface area contributed by atoms with Crippen molar-refractivity contribution in [2.45, 2.75) is 156 Å². The van der Waals surface area contributed by atoms with Crippen molar-refractivity contribution in [1.82, 2.24) is 14.5 Å². The van der Waals surface area contributed by atoms with E-state index < -0.39 is 0 Å². The van der Waals surface area contributed by atoms with Gasteiger partial charge in [0.25, 0.3) is 0 Å². The van der Waals surface area contributed by atoms with Gasteiger partial charge in [0.2, 0.25) is 0 Å². The van der Waals surface area contributed by atoms with E-state index in [0.29, 0.717) is 31.5 Å². The van der Waals surface area contributed by atoms with Crippen LogP contribution in [0.25, 0.3) is 0 Å². The van der Waals surface area contributed by atoms with Crippen LogP contribution in [-0.2, 0) is 25.6 Å². The van der Waals surface area contributed by atoms with Crippen molar-refractivity contribution in [1.29, 1.82) is 0 Å². The summed E-state index contributed by atoms with van der Waals surface area (Å²) in [5.74, 6) is 4.67. The number of carbonyl (C=O) groups is 2. The van der Waals surface area contributed by atoms with Gasteiger partial charge in [-0.05, 0) is 93.2 Å². The van der Waals surface area contributed by atoms with E-state index in [-0.39, 0.29) is 11.9 Å². The number of aryl methyl sites for hydroxylation is 1. The highest BCUT2D eigenvalue weighted by Gasteiger charge is 3.07. The molecule has 7 unspecified atom stereocenters. The van der Waals surface area contributed by atoms with E-state index in [1.54, 1.807) is 0 Å². The molecule has 48 heavy (non-hydrogen) atoms. The number of nitrogens with zero attached hydrogens (tertiary/aromatic N) is 3. The number of hydrogen-bond acceptors (Lipinski definition) is 6. The largest absolute Gasteiger partial charge is 0.466 e. The lowest BCUT2D eigenvalue weighted by Crippen LogP contribution is -2.64. The topological polar surface area (TPSA) is 73.7 Å². The van der Waals surface area contributed by atoms with Gasteiger partial charge in [-0.15, -0.1) is 0 Å². The fraction of sp³-hybridized carbons (Fsp3) is 0.878. The standard InChI is InChI=1S/C41H69N3O4/c1-4-5-6-7-8-15-20-30-47-34(45)22-16-11-9-13-18-25-43(27-21-28-44-29-24-42-32-44)26-19-14-10-12-17-23-35(46)48-31-40(3)38-33(2)36-37-39(40)41(36,37)38/h24,29,32-33,36-39H,4-23,25-28,30-31H2,1-3H3. The number of aromatic nitrogens is 2. The zero-order chi connectivity index (χ0) is 33.8. The van der Waals surface area contributed by atoms with Gasteiger partial charge in [0, 0.05) is 37.2 Å². The third-order valence-corrected chi connectivity index (χ3v) is 13.0. The minimum Gasteiger partial charge on any atom is -0.466 e. The highest BCUT2D eigenvalue weighted by molar-refractivity contribution is 5.69. The number of ether oxygens (including phenoxy) is 2. The van der Waals surface area contributed by atoms with Crippen molar-refractivity contribution in [3.63, 3.8) is 0 Å². The van der Waals surface area contributed by atoms with Crippen LogP contribution in [0.5, 0.6) is 0 Å². The Kier molecular flexibility index (Phi) is 14.3. The molecule has 7 heteroatoms. The number of esters is 2. The molecule has 7 atom stereocenters. The maximum absolute atomic E-state index is 12.5. The molecule has 5 rings (SSSR count). The molecule has 0 bridgehead atoms. The van der Waals surface area contributed by atoms with Crippen LogP contribution >= 0.6 is 0 Å². The second-order valence-corrected chi connectivity index (χ2v) is 16.4. The summed E-state index contributed by atoms with van der Waals surface area (Å²) < 4.78 is 13.4. The Morgan fingerprint density at radius 2 is 1.31 bits per heavy atom. The molecular formula is C41H69N3O4. The van der Waals surface area contributed by atoms with Gasteiger partial charge in [-0.25, -0.2) is 4.98 Å². The van der Waals surface area contributed by atoms with Gasteiger partial charge in [-0.1, -0.05) is 97.8 Å².